The first-order valence-corrected chi connectivity index (χ1v) is 11.3. The summed E-state index contributed by atoms with van der Waals surface area (Å²) in [6.45, 7) is 3.67. The molecule has 3 heterocycles. The summed E-state index contributed by atoms with van der Waals surface area (Å²) in [7, 11) is 0. The number of carbonyl (C=O) groups excluding carboxylic acids is 1. The maximum atomic E-state index is 13.3. The van der Waals surface area contributed by atoms with Crippen LogP contribution in [0.5, 0.6) is 0 Å². The van der Waals surface area contributed by atoms with Gasteiger partial charge >= 0.3 is 5.97 Å². The van der Waals surface area contributed by atoms with E-state index in [1.807, 2.05) is 17.5 Å². The largest absolute Gasteiger partial charge is 0.463 e. The number of fused-ring (bicyclic) bond motifs is 1. The first-order chi connectivity index (χ1) is 15.4. The zero-order valence-electron chi connectivity index (χ0n) is 17.1. The van der Waals surface area contributed by atoms with Crippen molar-refractivity contribution in [1.29, 1.82) is 0 Å². The number of anilines is 1. The van der Waals surface area contributed by atoms with Crippen LogP contribution in [0.25, 0.3) is 6.20 Å². The molecule has 1 aliphatic rings. The van der Waals surface area contributed by atoms with Crippen molar-refractivity contribution in [2.75, 3.05) is 11.9 Å². The summed E-state index contributed by atoms with van der Waals surface area (Å²) in [5.41, 5.74) is 0.932. The summed E-state index contributed by atoms with van der Waals surface area (Å²) in [5.74, 6) is -0.504. The van der Waals surface area contributed by atoms with Gasteiger partial charge in [0.15, 0.2) is 4.80 Å². The number of nitro groups is 1. The molecule has 9 nitrogen and oxygen atoms in total. The number of aromatic nitrogens is 1. The molecule has 1 N–H and O–H groups in total. The quantitative estimate of drug-likeness (QED) is 0.336. The summed E-state index contributed by atoms with van der Waals surface area (Å²) < 4.78 is 7.09. The summed E-state index contributed by atoms with van der Waals surface area (Å²) in [6.07, 6.45) is 1.50. The van der Waals surface area contributed by atoms with Crippen LogP contribution in [0, 0.1) is 10.1 Å². The van der Waals surface area contributed by atoms with Gasteiger partial charge in [0.1, 0.15) is 10.6 Å². The van der Waals surface area contributed by atoms with Gasteiger partial charge in [-0.2, -0.15) is 0 Å². The minimum absolute atomic E-state index is 0.0581. The van der Waals surface area contributed by atoms with Crippen LogP contribution in [-0.4, -0.2) is 22.1 Å². The molecule has 0 radical (unpaired) electrons. The van der Waals surface area contributed by atoms with Crippen molar-refractivity contribution >= 4 is 46.2 Å². The van der Waals surface area contributed by atoms with Gasteiger partial charge in [-0.05, 0) is 31.4 Å². The zero-order valence-corrected chi connectivity index (χ0v) is 18.7. The van der Waals surface area contributed by atoms with E-state index < -0.39 is 16.9 Å². The minimum Gasteiger partial charge on any atom is -0.463 e. The third-order valence-corrected chi connectivity index (χ3v) is 6.66. The van der Waals surface area contributed by atoms with E-state index in [2.05, 4.69) is 10.3 Å². The number of hydrogen-bond donors (Lipinski definition) is 1. The third kappa shape index (κ3) is 3.99. The first-order valence-electron chi connectivity index (χ1n) is 9.63. The van der Waals surface area contributed by atoms with Crippen molar-refractivity contribution in [2.45, 2.75) is 19.9 Å². The smallest absolute Gasteiger partial charge is 0.338 e. The molecule has 0 bridgehead atoms. The van der Waals surface area contributed by atoms with Crippen LogP contribution in [0.4, 0.5) is 11.4 Å². The lowest BCUT2D eigenvalue weighted by Gasteiger charge is -2.23. The standard InChI is InChI=1S/C21H18N4O5S2/c1-3-30-20(27)17-12(2)23-21-24(18(17)15-8-5-9-31-15)19(26)16(32-21)11-22-13-6-4-7-14(10-13)25(28)29/h4-11,18,22H,3H2,1-2H3/b16-11-/t18-/m0/s1. The topological polar surface area (TPSA) is 116 Å². The molecule has 0 spiro atoms. The van der Waals surface area contributed by atoms with Gasteiger partial charge < -0.3 is 10.1 Å². The van der Waals surface area contributed by atoms with Crippen molar-refractivity contribution in [2.24, 2.45) is 4.99 Å². The number of esters is 1. The van der Waals surface area contributed by atoms with Gasteiger partial charge in [0.2, 0.25) is 0 Å². The molecule has 0 amide bonds. The van der Waals surface area contributed by atoms with Gasteiger partial charge in [0.25, 0.3) is 11.2 Å². The second-order valence-electron chi connectivity index (χ2n) is 6.77. The van der Waals surface area contributed by atoms with Crippen molar-refractivity contribution < 1.29 is 14.5 Å². The Morgan fingerprint density at radius 2 is 2.19 bits per heavy atom. The fourth-order valence-corrected chi connectivity index (χ4v) is 5.16. The predicted molar refractivity (Wildman–Crippen MR) is 122 cm³/mol. The Morgan fingerprint density at radius 3 is 2.88 bits per heavy atom. The van der Waals surface area contributed by atoms with Crippen molar-refractivity contribution in [3.8, 4) is 0 Å². The zero-order chi connectivity index (χ0) is 22.8. The number of ether oxygens (including phenoxy) is 1. The Labute approximate surface area is 189 Å². The Balaban J connectivity index is 1.81. The van der Waals surface area contributed by atoms with E-state index in [9.17, 15) is 19.7 Å². The minimum atomic E-state index is -0.634. The van der Waals surface area contributed by atoms with Gasteiger partial charge in [-0.15, -0.1) is 11.3 Å². The van der Waals surface area contributed by atoms with Gasteiger partial charge in [0, 0.05) is 28.9 Å². The lowest BCUT2D eigenvalue weighted by Crippen LogP contribution is -2.39. The highest BCUT2D eigenvalue weighted by Crippen LogP contribution is 2.33. The molecule has 11 heteroatoms. The van der Waals surface area contributed by atoms with E-state index in [1.165, 1.54) is 45.6 Å². The highest BCUT2D eigenvalue weighted by Gasteiger charge is 2.33. The molecule has 2 aromatic heterocycles. The molecule has 0 saturated heterocycles. The van der Waals surface area contributed by atoms with E-state index in [0.29, 0.717) is 26.3 Å². The van der Waals surface area contributed by atoms with Gasteiger partial charge in [0.05, 0.1) is 22.8 Å². The Hall–Kier alpha value is -3.57. The molecule has 0 fully saturated rings. The average molecular weight is 471 g/mol. The van der Waals surface area contributed by atoms with Crippen LogP contribution in [0.2, 0.25) is 0 Å². The van der Waals surface area contributed by atoms with Gasteiger partial charge in [-0.3, -0.25) is 19.5 Å². The highest BCUT2D eigenvalue weighted by atomic mass is 32.1. The number of hydrogen-bond acceptors (Lipinski definition) is 9. The number of rotatable bonds is 6. The Bertz CT molecular complexity index is 1400. The summed E-state index contributed by atoms with van der Waals surface area (Å²) in [6, 6.07) is 9.08. The number of benzene rings is 1. The lowest BCUT2D eigenvalue weighted by molar-refractivity contribution is -0.384. The number of allylic oxidation sites excluding steroid dienone is 1. The monoisotopic (exact) mass is 470 g/mol. The molecule has 0 saturated carbocycles. The third-order valence-electron chi connectivity index (χ3n) is 4.76. The molecule has 0 aliphatic carbocycles. The second kappa shape index (κ2) is 8.89. The summed E-state index contributed by atoms with van der Waals surface area (Å²) in [5, 5.41) is 15.8. The van der Waals surface area contributed by atoms with Crippen molar-refractivity contribution in [3.63, 3.8) is 0 Å². The number of thiazole rings is 1. The molecular weight excluding hydrogens is 452 g/mol. The number of nitrogens with one attached hydrogen (secondary N) is 1. The van der Waals surface area contributed by atoms with Crippen LogP contribution >= 0.6 is 22.7 Å². The van der Waals surface area contributed by atoms with Crippen LogP contribution in [0.3, 0.4) is 0 Å². The molecule has 4 rings (SSSR count). The van der Waals surface area contributed by atoms with Gasteiger partial charge in [-0.1, -0.05) is 23.5 Å². The van der Waals surface area contributed by atoms with E-state index in [0.717, 1.165) is 4.88 Å². The maximum absolute atomic E-state index is 13.3. The predicted octanol–water partition coefficient (Wildman–Crippen LogP) is 2.79. The Kier molecular flexibility index (Phi) is 6.01. The van der Waals surface area contributed by atoms with E-state index in [1.54, 1.807) is 26.0 Å². The number of non-ortho nitro benzene ring substituents is 1. The number of nitrogens with zero attached hydrogens (tertiary/aromatic N) is 3. The lowest BCUT2D eigenvalue weighted by atomic mass is 10.0. The molecule has 32 heavy (non-hydrogen) atoms. The van der Waals surface area contributed by atoms with Crippen LogP contribution < -0.4 is 20.2 Å². The molecule has 0 unspecified atom stereocenters. The number of thiophene rings is 1. The van der Waals surface area contributed by atoms with E-state index in [-0.39, 0.29) is 17.9 Å². The molecule has 3 aromatic rings. The maximum Gasteiger partial charge on any atom is 0.338 e. The Morgan fingerprint density at radius 1 is 1.38 bits per heavy atom. The average Bonchev–Trinajstić information content (AvgIpc) is 3.40. The van der Waals surface area contributed by atoms with Gasteiger partial charge in [-0.25, -0.2) is 9.79 Å². The SMILES string of the molecule is CCOC(=O)C1=C(C)N=c2s/c(=C\Nc3cccc([N+](=O)[O-])c3)c(=O)n2[C@H]1c1cccs1. The van der Waals surface area contributed by atoms with Crippen LogP contribution in [0.15, 0.2) is 62.8 Å². The highest BCUT2D eigenvalue weighted by molar-refractivity contribution is 7.10. The first kappa shape index (κ1) is 21.7. The summed E-state index contributed by atoms with van der Waals surface area (Å²) in [4.78, 5) is 42.3. The van der Waals surface area contributed by atoms with E-state index >= 15 is 0 Å². The molecule has 164 valence electrons. The van der Waals surface area contributed by atoms with Crippen LogP contribution in [0.1, 0.15) is 24.8 Å². The van der Waals surface area contributed by atoms with Crippen LogP contribution in [-0.2, 0) is 9.53 Å². The van der Waals surface area contributed by atoms with Crippen molar-refractivity contribution in [3.05, 3.63) is 87.7 Å². The van der Waals surface area contributed by atoms with E-state index in [4.69, 9.17) is 4.74 Å². The molecule has 1 aliphatic heterocycles. The molecule has 1 aromatic carbocycles. The second-order valence-corrected chi connectivity index (χ2v) is 8.76. The molecule has 1 atom stereocenters. The molecular formula is C21H18N4O5S2. The fraction of sp³-hybridized carbons (Fsp3) is 0.190. The van der Waals surface area contributed by atoms with Crippen molar-refractivity contribution in [1.82, 2.24) is 4.57 Å². The fourth-order valence-electron chi connectivity index (χ4n) is 3.37. The number of nitro benzene ring substituents is 1. The normalized spacial score (nSPS) is 15.8. The summed E-state index contributed by atoms with van der Waals surface area (Å²) >= 11 is 2.61. The number of carbonyl (C=O) groups is 1.